The molecular weight excluding hydrogens is 242 g/mol. The first-order valence-corrected chi connectivity index (χ1v) is 6.49. The van der Waals surface area contributed by atoms with Gasteiger partial charge < -0.3 is 20.1 Å². The molecule has 0 aliphatic rings. The number of aliphatic hydroxyl groups is 2. The molecule has 2 aromatic rings. The highest BCUT2D eigenvalue weighted by Crippen LogP contribution is 2.20. The van der Waals surface area contributed by atoms with Gasteiger partial charge in [-0.1, -0.05) is 6.07 Å². The summed E-state index contributed by atoms with van der Waals surface area (Å²) >= 11 is 0. The molecule has 2 rings (SSSR count). The SMILES string of the molecule is Cc1nc2cc(C(O)CNCC(C)O)ccc2n1C. The minimum absolute atomic E-state index is 0.409. The molecular formula is C14H21N3O2. The number of aromatic nitrogens is 2. The summed E-state index contributed by atoms with van der Waals surface area (Å²) in [5.74, 6) is 0.953. The normalized spacial score (nSPS) is 14.8. The lowest BCUT2D eigenvalue weighted by Crippen LogP contribution is -2.28. The van der Waals surface area contributed by atoms with Gasteiger partial charge >= 0.3 is 0 Å². The Hall–Kier alpha value is -1.43. The van der Waals surface area contributed by atoms with Crippen molar-refractivity contribution >= 4 is 11.0 Å². The van der Waals surface area contributed by atoms with Crippen LogP contribution in [-0.4, -0.2) is 39.0 Å². The maximum Gasteiger partial charge on any atom is 0.106 e. The lowest BCUT2D eigenvalue weighted by atomic mass is 10.1. The molecule has 0 fully saturated rings. The van der Waals surface area contributed by atoms with Crippen molar-refractivity contribution in [1.29, 1.82) is 0 Å². The van der Waals surface area contributed by atoms with Crippen LogP contribution in [0.4, 0.5) is 0 Å². The lowest BCUT2D eigenvalue weighted by molar-refractivity contribution is 0.155. The minimum Gasteiger partial charge on any atom is -0.392 e. The Kier molecular flexibility index (Phi) is 4.19. The maximum absolute atomic E-state index is 10.1. The van der Waals surface area contributed by atoms with Crippen LogP contribution < -0.4 is 5.32 Å². The van der Waals surface area contributed by atoms with Crippen molar-refractivity contribution in [3.63, 3.8) is 0 Å². The number of nitrogens with one attached hydrogen (secondary N) is 1. The van der Waals surface area contributed by atoms with Gasteiger partial charge in [0.1, 0.15) is 5.82 Å². The summed E-state index contributed by atoms with van der Waals surface area (Å²) in [5, 5.41) is 22.3. The van der Waals surface area contributed by atoms with Crippen molar-refractivity contribution in [2.45, 2.75) is 26.1 Å². The van der Waals surface area contributed by atoms with Gasteiger partial charge in [-0.25, -0.2) is 4.98 Å². The third-order valence-corrected chi connectivity index (χ3v) is 3.29. The highest BCUT2D eigenvalue weighted by Gasteiger charge is 2.11. The molecule has 2 atom stereocenters. The Morgan fingerprint density at radius 3 is 2.74 bits per heavy atom. The van der Waals surface area contributed by atoms with E-state index in [0.717, 1.165) is 22.4 Å². The molecule has 0 saturated heterocycles. The molecule has 19 heavy (non-hydrogen) atoms. The van der Waals surface area contributed by atoms with E-state index in [0.29, 0.717) is 13.1 Å². The van der Waals surface area contributed by atoms with Crippen molar-refractivity contribution in [3.05, 3.63) is 29.6 Å². The van der Waals surface area contributed by atoms with E-state index in [1.54, 1.807) is 6.92 Å². The van der Waals surface area contributed by atoms with Crippen molar-refractivity contribution in [3.8, 4) is 0 Å². The van der Waals surface area contributed by atoms with Gasteiger partial charge in [-0.2, -0.15) is 0 Å². The van der Waals surface area contributed by atoms with Gasteiger partial charge in [0, 0.05) is 20.1 Å². The predicted octanol–water partition coefficient (Wildman–Crippen LogP) is 0.886. The molecule has 1 aromatic carbocycles. The van der Waals surface area contributed by atoms with Crippen LogP contribution in [0.15, 0.2) is 18.2 Å². The van der Waals surface area contributed by atoms with E-state index < -0.39 is 12.2 Å². The third kappa shape index (κ3) is 3.12. The number of benzene rings is 1. The zero-order valence-corrected chi connectivity index (χ0v) is 11.6. The molecule has 0 saturated carbocycles. The number of rotatable bonds is 5. The largest absolute Gasteiger partial charge is 0.392 e. The molecule has 104 valence electrons. The Morgan fingerprint density at radius 2 is 2.05 bits per heavy atom. The highest BCUT2D eigenvalue weighted by atomic mass is 16.3. The van der Waals surface area contributed by atoms with Crippen LogP contribution in [-0.2, 0) is 7.05 Å². The first kappa shape index (κ1) is 14.0. The van der Waals surface area contributed by atoms with Gasteiger partial charge in [0.25, 0.3) is 0 Å². The summed E-state index contributed by atoms with van der Waals surface area (Å²) in [5.41, 5.74) is 2.79. The molecule has 0 bridgehead atoms. The van der Waals surface area contributed by atoms with Crippen molar-refractivity contribution in [2.24, 2.45) is 7.05 Å². The fourth-order valence-corrected chi connectivity index (χ4v) is 2.09. The molecule has 5 heteroatoms. The number of nitrogens with zero attached hydrogens (tertiary/aromatic N) is 2. The average Bonchev–Trinajstić information content (AvgIpc) is 2.64. The fraction of sp³-hybridized carbons (Fsp3) is 0.500. The van der Waals surface area contributed by atoms with Gasteiger partial charge in [-0.3, -0.25) is 0 Å². The van der Waals surface area contributed by atoms with E-state index in [4.69, 9.17) is 5.11 Å². The summed E-state index contributed by atoms with van der Waals surface area (Å²) in [6.07, 6.45) is -1.00. The second kappa shape index (κ2) is 5.69. The molecule has 0 aliphatic carbocycles. The monoisotopic (exact) mass is 263 g/mol. The number of hydrogen-bond donors (Lipinski definition) is 3. The standard InChI is InChI=1S/C14H21N3O2/c1-9(18)7-15-8-14(19)11-4-5-13-12(6-11)16-10(2)17(13)3/h4-6,9,14-15,18-19H,7-8H2,1-3H3. The highest BCUT2D eigenvalue weighted by molar-refractivity contribution is 5.76. The van der Waals surface area contributed by atoms with E-state index in [9.17, 15) is 5.11 Å². The molecule has 0 spiro atoms. The van der Waals surface area contributed by atoms with E-state index >= 15 is 0 Å². The van der Waals surface area contributed by atoms with Gasteiger partial charge in [0.2, 0.25) is 0 Å². The summed E-state index contributed by atoms with van der Waals surface area (Å²) in [6.45, 7) is 4.56. The number of aryl methyl sites for hydroxylation is 2. The van der Waals surface area contributed by atoms with Gasteiger partial charge in [0.15, 0.2) is 0 Å². The summed E-state index contributed by atoms with van der Waals surface area (Å²) in [6, 6.07) is 5.80. The number of aliphatic hydroxyl groups excluding tert-OH is 2. The van der Waals surface area contributed by atoms with Crippen LogP contribution in [0.2, 0.25) is 0 Å². The van der Waals surface area contributed by atoms with Crippen LogP contribution >= 0.6 is 0 Å². The summed E-state index contributed by atoms with van der Waals surface area (Å²) < 4.78 is 2.02. The maximum atomic E-state index is 10.1. The molecule has 0 radical (unpaired) electrons. The quantitative estimate of drug-likeness (QED) is 0.749. The Bertz CT molecular complexity index is 563. The Morgan fingerprint density at radius 1 is 1.32 bits per heavy atom. The zero-order chi connectivity index (χ0) is 14.0. The molecule has 1 aromatic heterocycles. The first-order valence-electron chi connectivity index (χ1n) is 6.49. The summed E-state index contributed by atoms with van der Waals surface area (Å²) in [4.78, 5) is 4.46. The second-order valence-electron chi connectivity index (χ2n) is 4.99. The first-order chi connectivity index (χ1) is 8.99. The van der Waals surface area contributed by atoms with Crippen LogP contribution in [0.3, 0.4) is 0 Å². The van der Waals surface area contributed by atoms with Crippen LogP contribution in [0, 0.1) is 6.92 Å². The summed E-state index contributed by atoms with van der Waals surface area (Å²) in [7, 11) is 1.98. The van der Waals surface area contributed by atoms with Crippen LogP contribution in [0.25, 0.3) is 11.0 Å². The van der Waals surface area contributed by atoms with Crippen molar-refractivity contribution in [1.82, 2.24) is 14.9 Å². The predicted molar refractivity (Wildman–Crippen MR) is 75.0 cm³/mol. The fourth-order valence-electron chi connectivity index (χ4n) is 2.09. The number of imidazole rings is 1. The third-order valence-electron chi connectivity index (χ3n) is 3.29. The second-order valence-corrected chi connectivity index (χ2v) is 4.99. The van der Waals surface area contributed by atoms with Gasteiger partial charge in [-0.15, -0.1) is 0 Å². The smallest absolute Gasteiger partial charge is 0.106 e. The van der Waals surface area contributed by atoms with Crippen LogP contribution in [0.1, 0.15) is 24.4 Å². The Labute approximate surface area is 112 Å². The number of fused-ring (bicyclic) bond motifs is 1. The van der Waals surface area contributed by atoms with E-state index in [1.165, 1.54) is 0 Å². The van der Waals surface area contributed by atoms with E-state index in [1.807, 2.05) is 36.7 Å². The molecule has 5 nitrogen and oxygen atoms in total. The zero-order valence-electron chi connectivity index (χ0n) is 11.6. The van der Waals surface area contributed by atoms with Crippen molar-refractivity contribution in [2.75, 3.05) is 13.1 Å². The van der Waals surface area contributed by atoms with E-state index in [-0.39, 0.29) is 0 Å². The molecule has 1 heterocycles. The minimum atomic E-state index is -0.592. The van der Waals surface area contributed by atoms with Gasteiger partial charge in [0.05, 0.1) is 23.2 Å². The van der Waals surface area contributed by atoms with E-state index in [2.05, 4.69) is 10.3 Å². The topological polar surface area (TPSA) is 70.3 Å². The van der Waals surface area contributed by atoms with Crippen LogP contribution in [0.5, 0.6) is 0 Å². The Balaban J connectivity index is 2.12. The molecule has 0 amide bonds. The molecule has 0 aliphatic heterocycles. The van der Waals surface area contributed by atoms with Gasteiger partial charge in [-0.05, 0) is 31.5 Å². The van der Waals surface area contributed by atoms with Crippen molar-refractivity contribution < 1.29 is 10.2 Å². The molecule has 2 unspecified atom stereocenters. The average molecular weight is 263 g/mol. The number of hydrogen-bond acceptors (Lipinski definition) is 4. The molecule has 3 N–H and O–H groups in total. The lowest BCUT2D eigenvalue weighted by Gasteiger charge is -2.13.